The number of amides is 2. The Balaban J connectivity index is 1.62. The van der Waals surface area contributed by atoms with Gasteiger partial charge in [0.05, 0.1) is 33.3 Å². The smallest absolute Gasteiger partial charge is 0.270 e. The third kappa shape index (κ3) is 2.65. The Hall–Kier alpha value is -3.88. The van der Waals surface area contributed by atoms with Gasteiger partial charge >= 0.3 is 0 Å². The molecule has 0 saturated carbocycles. The molecule has 0 radical (unpaired) electrons. The Morgan fingerprint density at radius 2 is 1.63 bits per heavy atom. The van der Waals surface area contributed by atoms with E-state index < -0.39 is 22.3 Å². The van der Waals surface area contributed by atoms with Crippen molar-refractivity contribution in [3.8, 4) is 0 Å². The number of nitro groups is 1. The summed E-state index contributed by atoms with van der Waals surface area (Å²) in [5.74, 6) is -0.818. The van der Waals surface area contributed by atoms with Crippen LogP contribution in [0.1, 0.15) is 20.7 Å². The molecule has 9 heteroatoms. The summed E-state index contributed by atoms with van der Waals surface area (Å²) >= 11 is 0. The zero-order valence-electron chi connectivity index (χ0n) is 13.9. The van der Waals surface area contributed by atoms with Crippen LogP contribution in [-0.2, 0) is 6.54 Å². The van der Waals surface area contributed by atoms with E-state index in [0.717, 1.165) is 4.90 Å². The van der Waals surface area contributed by atoms with Crippen molar-refractivity contribution in [3.05, 3.63) is 80.4 Å². The lowest BCUT2D eigenvalue weighted by Crippen LogP contribution is -2.35. The maximum absolute atomic E-state index is 12.6. The van der Waals surface area contributed by atoms with E-state index in [1.165, 1.54) is 29.1 Å². The van der Waals surface area contributed by atoms with Crippen LogP contribution < -0.4 is 5.56 Å². The Bertz CT molecular complexity index is 1150. The van der Waals surface area contributed by atoms with Gasteiger partial charge in [0.2, 0.25) is 0 Å². The van der Waals surface area contributed by atoms with Crippen LogP contribution in [0.25, 0.3) is 10.9 Å². The summed E-state index contributed by atoms with van der Waals surface area (Å²) < 4.78 is 1.23. The lowest BCUT2D eigenvalue weighted by Gasteiger charge is -2.14. The number of carbonyl (C=O) groups excluding carboxylic acids is 2. The number of aromatic nitrogens is 2. The second-order valence-corrected chi connectivity index (χ2v) is 6.01. The van der Waals surface area contributed by atoms with E-state index in [4.69, 9.17) is 0 Å². The Morgan fingerprint density at radius 1 is 0.963 bits per heavy atom. The van der Waals surface area contributed by atoms with Crippen molar-refractivity contribution in [2.75, 3.05) is 6.54 Å². The van der Waals surface area contributed by atoms with Gasteiger partial charge < -0.3 is 0 Å². The minimum Gasteiger partial charge on any atom is -0.297 e. The van der Waals surface area contributed by atoms with Crippen molar-refractivity contribution in [1.29, 1.82) is 0 Å². The average molecular weight is 364 g/mol. The van der Waals surface area contributed by atoms with Crippen LogP contribution in [0.2, 0.25) is 0 Å². The van der Waals surface area contributed by atoms with Gasteiger partial charge in [0.1, 0.15) is 0 Å². The number of fused-ring (bicyclic) bond motifs is 2. The molecule has 2 heterocycles. The third-order valence-corrected chi connectivity index (χ3v) is 4.46. The van der Waals surface area contributed by atoms with Gasteiger partial charge in [-0.05, 0) is 18.2 Å². The summed E-state index contributed by atoms with van der Waals surface area (Å²) in [6.07, 6.45) is 1.30. The van der Waals surface area contributed by atoms with Crippen LogP contribution >= 0.6 is 0 Å². The molecule has 0 N–H and O–H groups in total. The quantitative estimate of drug-likeness (QED) is 0.394. The topological polar surface area (TPSA) is 115 Å². The molecule has 27 heavy (non-hydrogen) atoms. The molecule has 2 aromatic carbocycles. The minimum atomic E-state index is -0.588. The van der Waals surface area contributed by atoms with Crippen LogP contribution in [0.15, 0.2) is 53.6 Å². The van der Waals surface area contributed by atoms with Crippen LogP contribution in [0, 0.1) is 10.1 Å². The van der Waals surface area contributed by atoms with E-state index in [2.05, 4.69) is 4.98 Å². The van der Waals surface area contributed by atoms with Gasteiger partial charge in [0, 0.05) is 25.2 Å². The maximum atomic E-state index is 12.6. The van der Waals surface area contributed by atoms with E-state index in [1.807, 2.05) is 0 Å². The second-order valence-electron chi connectivity index (χ2n) is 6.01. The Labute approximate surface area is 151 Å². The summed E-state index contributed by atoms with van der Waals surface area (Å²) in [7, 11) is 0. The first-order chi connectivity index (χ1) is 13.0. The molecule has 1 aliphatic rings. The predicted molar refractivity (Wildman–Crippen MR) is 94.5 cm³/mol. The molecule has 1 aromatic heterocycles. The highest BCUT2D eigenvalue weighted by Crippen LogP contribution is 2.22. The predicted octanol–water partition coefficient (Wildman–Crippen LogP) is 1.60. The Kier molecular flexibility index (Phi) is 3.76. The average Bonchev–Trinajstić information content (AvgIpc) is 2.92. The summed E-state index contributed by atoms with van der Waals surface area (Å²) in [4.78, 5) is 52.9. The fourth-order valence-corrected chi connectivity index (χ4v) is 3.07. The zero-order chi connectivity index (χ0) is 19.1. The van der Waals surface area contributed by atoms with Crippen molar-refractivity contribution < 1.29 is 14.5 Å². The van der Waals surface area contributed by atoms with E-state index in [0.29, 0.717) is 16.6 Å². The van der Waals surface area contributed by atoms with E-state index in [9.17, 15) is 24.5 Å². The molecule has 0 bridgehead atoms. The fraction of sp³-hybridized carbons (Fsp3) is 0.111. The van der Waals surface area contributed by atoms with Gasteiger partial charge in [-0.15, -0.1) is 0 Å². The van der Waals surface area contributed by atoms with Crippen LogP contribution in [0.4, 0.5) is 5.69 Å². The molecule has 0 spiro atoms. The molecule has 134 valence electrons. The molecule has 1 aliphatic heterocycles. The minimum absolute atomic E-state index is 0.00559. The molecule has 9 nitrogen and oxygen atoms in total. The Morgan fingerprint density at radius 3 is 2.26 bits per heavy atom. The van der Waals surface area contributed by atoms with Crippen LogP contribution in [-0.4, -0.2) is 37.7 Å². The SMILES string of the molecule is O=C1c2ccccc2C(=O)N1CCn1cnc2ccc([N+](=O)[O-])cc2c1=O. The number of imide groups is 1. The van der Waals surface area contributed by atoms with Gasteiger partial charge in [0.25, 0.3) is 23.1 Å². The van der Waals surface area contributed by atoms with Gasteiger partial charge in [-0.1, -0.05) is 12.1 Å². The summed E-state index contributed by atoms with van der Waals surface area (Å²) in [6.45, 7) is 0.0320. The second kappa shape index (κ2) is 6.13. The first kappa shape index (κ1) is 16.6. The standard InChI is InChI=1S/C18H12N4O5/c23-16-14-9-11(22(26)27)5-6-15(14)19-10-20(16)7-8-21-17(24)12-3-1-2-4-13(12)18(21)25/h1-6,9-10H,7-8H2. The summed E-state index contributed by atoms with van der Waals surface area (Å²) in [5, 5.41) is 11.0. The van der Waals surface area contributed by atoms with Gasteiger partial charge in [-0.3, -0.25) is 34.0 Å². The first-order valence-electron chi connectivity index (χ1n) is 8.06. The van der Waals surface area contributed by atoms with Crippen LogP contribution in [0.3, 0.4) is 0 Å². The van der Waals surface area contributed by atoms with Crippen molar-refractivity contribution in [1.82, 2.24) is 14.5 Å². The molecular weight excluding hydrogens is 352 g/mol. The molecule has 2 amide bonds. The number of non-ortho nitro benzene ring substituents is 1. The third-order valence-electron chi connectivity index (χ3n) is 4.46. The number of rotatable bonds is 4. The lowest BCUT2D eigenvalue weighted by atomic mass is 10.1. The van der Waals surface area contributed by atoms with Crippen molar-refractivity contribution in [2.24, 2.45) is 0 Å². The number of nitrogens with zero attached hydrogens (tertiary/aromatic N) is 4. The highest BCUT2D eigenvalue weighted by atomic mass is 16.6. The highest BCUT2D eigenvalue weighted by molar-refractivity contribution is 6.21. The first-order valence-corrected chi connectivity index (χ1v) is 8.06. The number of nitro benzene ring substituents is 1. The van der Waals surface area contributed by atoms with E-state index in [1.54, 1.807) is 24.3 Å². The van der Waals surface area contributed by atoms with E-state index >= 15 is 0 Å². The van der Waals surface area contributed by atoms with Gasteiger partial charge in [-0.25, -0.2) is 4.98 Å². The molecule has 0 unspecified atom stereocenters. The maximum Gasteiger partial charge on any atom is 0.270 e. The normalized spacial score (nSPS) is 13.3. The van der Waals surface area contributed by atoms with Gasteiger partial charge in [-0.2, -0.15) is 0 Å². The molecule has 0 saturated heterocycles. The largest absolute Gasteiger partial charge is 0.297 e. The molecule has 0 atom stereocenters. The highest BCUT2D eigenvalue weighted by Gasteiger charge is 2.34. The summed E-state index contributed by atoms with van der Waals surface area (Å²) in [6, 6.07) is 10.4. The monoisotopic (exact) mass is 364 g/mol. The molecule has 3 aromatic rings. The molecule has 0 aliphatic carbocycles. The number of hydrogen-bond donors (Lipinski definition) is 0. The number of benzene rings is 2. The molecule has 0 fully saturated rings. The number of carbonyl (C=O) groups is 2. The lowest BCUT2D eigenvalue weighted by molar-refractivity contribution is -0.384. The zero-order valence-corrected chi connectivity index (χ0v) is 13.9. The molecule has 4 rings (SSSR count). The molecular formula is C18H12N4O5. The van der Waals surface area contributed by atoms with Crippen LogP contribution in [0.5, 0.6) is 0 Å². The summed E-state index contributed by atoms with van der Waals surface area (Å²) in [5.41, 5.74) is 0.326. The van der Waals surface area contributed by atoms with Crippen molar-refractivity contribution >= 4 is 28.4 Å². The number of hydrogen-bond acceptors (Lipinski definition) is 6. The van der Waals surface area contributed by atoms with Gasteiger partial charge in [0.15, 0.2) is 0 Å². The van der Waals surface area contributed by atoms with Crippen molar-refractivity contribution in [2.45, 2.75) is 6.54 Å². The van der Waals surface area contributed by atoms with Crippen molar-refractivity contribution in [3.63, 3.8) is 0 Å². The fourth-order valence-electron chi connectivity index (χ4n) is 3.07. The van der Waals surface area contributed by atoms with E-state index in [-0.39, 0.29) is 24.2 Å².